The zero-order chi connectivity index (χ0) is 14.2. The average molecular weight is 268 g/mol. The lowest BCUT2D eigenvalue weighted by Gasteiger charge is -2.34. The summed E-state index contributed by atoms with van der Waals surface area (Å²) in [6.45, 7) is 2.06. The predicted octanol–water partition coefficient (Wildman–Crippen LogP) is 3.38. The van der Waals surface area contributed by atoms with Gasteiger partial charge in [0.15, 0.2) is 0 Å². The van der Waals surface area contributed by atoms with Crippen molar-refractivity contribution in [3.63, 3.8) is 0 Å². The Hall–Kier alpha value is -1.80. The van der Waals surface area contributed by atoms with Crippen LogP contribution in [0.3, 0.4) is 0 Å². The molecule has 104 valence electrons. The van der Waals surface area contributed by atoms with Crippen LogP contribution in [0.25, 0.3) is 0 Å². The summed E-state index contributed by atoms with van der Waals surface area (Å²) in [5.74, 6) is 0.858. The SMILES string of the molecule is COc1ccc2c(c1)CC(O)(c1ccc(C)cc1)CC2. The molecule has 0 radical (unpaired) electrons. The van der Waals surface area contributed by atoms with Gasteiger partial charge in [-0.2, -0.15) is 0 Å². The van der Waals surface area contributed by atoms with Gasteiger partial charge in [-0.05, 0) is 48.6 Å². The Labute approximate surface area is 120 Å². The summed E-state index contributed by atoms with van der Waals surface area (Å²) >= 11 is 0. The molecule has 0 aliphatic heterocycles. The molecule has 2 heteroatoms. The number of fused-ring (bicyclic) bond motifs is 1. The van der Waals surface area contributed by atoms with Gasteiger partial charge in [0.2, 0.25) is 0 Å². The molecule has 0 spiro atoms. The zero-order valence-electron chi connectivity index (χ0n) is 12.0. The molecule has 1 aliphatic rings. The standard InChI is InChI=1S/C18H20O2/c1-13-3-6-16(7-4-13)18(19)10-9-14-5-8-17(20-2)11-15(14)12-18/h3-8,11,19H,9-10,12H2,1-2H3. The average Bonchev–Trinajstić information content (AvgIpc) is 2.47. The predicted molar refractivity (Wildman–Crippen MR) is 80.1 cm³/mol. The summed E-state index contributed by atoms with van der Waals surface area (Å²) < 4.78 is 5.29. The molecule has 0 aromatic heterocycles. The number of benzene rings is 2. The first kappa shape index (κ1) is 13.2. The molecule has 1 unspecified atom stereocenters. The second kappa shape index (κ2) is 4.95. The molecule has 2 aromatic carbocycles. The molecule has 20 heavy (non-hydrogen) atoms. The van der Waals surface area contributed by atoms with Crippen molar-refractivity contribution >= 4 is 0 Å². The van der Waals surface area contributed by atoms with Gasteiger partial charge in [-0.3, -0.25) is 0 Å². The number of aliphatic hydroxyl groups is 1. The van der Waals surface area contributed by atoms with Crippen LogP contribution in [0.2, 0.25) is 0 Å². The minimum atomic E-state index is -0.757. The summed E-state index contributed by atoms with van der Waals surface area (Å²) in [6, 6.07) is 14.4. The van der Waals surface area contributed by atoms with Gasteiger partial charge in [0, 0.05) is 6.42 Å². The van der Waals surface area contributed by atoms with Crippen LogP contribution in [0.4, 0.5) is 0 Å². The second-order valence-corrected chi connectivity index (χ2v) is 5.71. The normalized spacial score (nSPS) is 21.4. The summed E-state index contributed by atoms with van der Waals surface area (Å²) in [7, 11) is 1.68. The van der Waals surface area contributed by atoms with E-state index in [0.717, 1.165) is 24.2 Å². The maximum atomic E-state index is 11.0. The van der Waals surface area contributed by atoms with Gasteiger partial charge in [-0.1, -0.05) is 35.9 Å². The van der Waals surface area contributed by atoms with Crippen LogP contribution in [0, 0.1) is 6.92 Å². The van der Waals surface area contributed by atoms with Gasteiger partial charge in [0.25, 0.3) is 0 Å². The van der Waals surface area contributed by atoms with Gasteiger partial charge in [0.05, 0.1) is 12.7 Å². The second-order valence-electron chi connectivity index (χ2n) is 5.71. The van der Waals surface area contributed by atoms with E-state index in [2.05, 4.69) is 25.1 Å². The van der Waals surface area contributed by atoms with E-state index in [0.29, 0.717) is 6.42 Å². The van der Waals surface area contributed by atoms with Crippen molar-refractivity contribution in [1.29, 1.82) is 0 Å². The van der Waals surface area contributed by atoms with E-state index in [1.165, 1.54) is 16.7 Å². The third-order valence-corrected chi connectivity index (χ3v) is 4.29. The summed E-state index contributed by atoms with van der Waals surface area (Å²) in [5, 5.41) is 11.0. The van der Waals surface area contributed by atoms with Gasteiger partial charge in [0.1, 0.15) is 5.75 Å². The van der Waals surface area contributed by atoms with E-state index in [4.69, 9.17) is 4.74 Å². The molecule has 0 amide bonds. The topological polar surface area (TPSA) is 29.5 Å². The fourth-order valence-electron chi connectivity index (χ4n) is 2.99. The summed E-state index contributed by atoms with van der Waals surface area (Å²) in [5.41, 5.74) is 3.99. The summed E-state index contributed by atoms with van der Waals surface area (Å²) in [4.78, 5) is 0. The van der Waals surface area contributed by atoms with E-state index >= 15 is 0 Å². The van der Waals surface area contributed by atoms with Crippen molar-refractivity contribution in [1.82, 2.24) is 0 Å². The Morgan fingerprint density at radius 3 is 2.50 bits per heavy atom. The van der Waals surface area contributed by atoms with Crippen LogP contribution in [0.1, 0.15) is 28.7 Å². The minimum absolute atomic E-state index is 0.655. The third kappa shape index (κ3) is 2.32. The monoisotopic (exact) mass is 268 g/mol. The van der Waals surface area contributed by atoms with E-state index in [1.54, 1.807) is 7.11 Å². The maximum Gasteiger partial charge on any atom is 0.119 e. The lowest BCUT2D eigenvalue weighted by atomic mass is 9.76. The van der Waals surface area contributed by atoms with Crippen LogP contribution in [-0.2, 0) is 18.4 Å². The molecule has 1 aliphatic carbocycles. The van der Waals surface area contributed by atoms with Crippen molar-refractivity contribution < 1.29 is 9.84 Å². The third-order valence-electron chi connectivity index (χ3n) is 4.29. The fourth-order valence-corrected chi connectivity index (χ4v) is 2.99. The van der Waals surface area contributed by atoms with Gasteiger partial charge < -0.3 is 9.84 Å². The van der Waals surface area contributed by atoms with Crippen LogP contribution in [0.15, 0.2) is 42.5 Å². The van der Waals surface area contributed by atoms with E-state index < -0.39 is 5.60 Å². The van der Waals surface area contributed by atoms with Crippen LogP contribution in [0.5, 0.6) is 5.75 Å². The smallest absolute Gasteiger partial charge is 0.119 e. The largest absolute Gasteiger partial charge is 0.497 e. The zero-order valence-corrected chi connectivity index (χ0v) is 12.0. The van der Waals surface area contributed by atoms with Crippen molar-refractivity contribution in [2.45, 2.75) is 31.8 Å². The van der Waals surface area contributed by atoms with Crippen molar-refractivity contribution in [3.8, 4) is 5.75 Å². The molecule has 1 N–H and O–H groups in total. The van der Waals surface area contributed by atoms with E-state index in [-0.39, 0.29) is 0 Å². The Kier molecular flexibility index (Phi) is 3.27. The Morgan fingerprint density at radius 2 is 1.80 bits per heavy atom. The van der Waals surface area contributed by atoms with Gasteiger partial charge in [-0.15, -0.1) is 0 Å². The first-order chi connectivity index (χ1) is 9.60. The van der Waals surface area contributed by atoms with Crippen LogP contribution < -0.4 is 4.74 Å². The fraction of sp³-hybridized carbons (Fsp3) is 0.333. The van der Waals surface area contributed by atoms with Crippen LogP contribution in [-0.4, -0.2) is 12.2 Å². The molecule has 0 heterocycles. The maximum absolute atomic E-state index is 11.0. The molecular formula is C18H20O2. The molecule has 0 saturated carbocycles. The first-order valence-corrected chi connectivity index (χ1v) is 7.06. The lowest BCUT2D eigenvalue weighted by molar-refractivity contribution is 0.0222. The first-order valence-electron chi connectivity index (χ1n) is 7.06. The molecular weight excluding hydrogens is 248 g/mol. The van der Waals surface area contributed by atoms with Crippen LogP contribution >= 0.6 is 0 Å². The molecule has 2 aromatic rings. The number of hydrogen-bond acceptors (Lipinski definition) is 2. The molecule has 0 bridgehead atoms. The Bertz CT molecular complexity index is 616. The molecule has 2 nitrogen and oxygen atoms in total. The highest BCUT2D eigenvalue weighted by Gasteiger charge is 2.33. The molecule has 0 fully saturated rings. The summed E-state index contributed by atoms with van der Waals surface area (Å²) in [6.07, 6.45) is 2.34. The van der Waals surface area contributed by atoms with Gasteiger partial charge in [-0.25, -0.2) is 0 Å². The van der Waals surface area contributed by atoms with E-state index in [1.807, 2.05) is 24.3 Å². The quantitative estimate of drug-likeness (QED) is 0.904. The van der Waals surface area contributed by atoms with Crippen molar-refractivity contribution in [2.75, 3.05) is 7.11 Å². The highest BCUT2D eigenvalue weighted by atomic mass is 16.5. The number of methoxy groups -OCH3 is 1. The van der Waals surface area contributed by atoms with Crippen molar-refractivity contribution in [3.05, 3.63) is 64.7 Å². The highest BCUT2D eigenvalue weighted by molar-refractivity contribution is 5.41. The Balaban J connectivity index is 1.95. The molecule has 0 saturated heterocycles. The number of ether oxygens (including phenoxy) is 1. The molecule has 3 rings (SSSR count). The van der Waals surface area contributed by atoms with E-state index in [9.17, 15) is 5.11 Å². The molecule has 1 atom stereocenters. The van der Waals surface area contributed by atoms with Gasteiger partial charge >= 0.3 is 0 Å². The number of aryl methyl sites for hydroxylation is 2. The highest BCUT2D eigenvalue weighted by Crippen LogP contribution is 2.37. The lowest BCUT2D eigenvalue weighted by Crippen LogP contribution is -2.33. The number of rotatable bonds is 2. The van der Waals surface area contributed by atoms with Crippen molar-refractivity contribution in [2.24, 2.45) is 0 Å². The minimum Gasteiger partial charge on any atom is -0.497 e. The Morgan fingerprint density at radius 1 is 1.05 bits per heavy atom. The number of hydrogen-bond donors (Lipinski definition) is 1.